The summed E-state index contributed by atoms with van der Waals surface area (Å²) in [6.07, 6.45) is 0. The second-order valence-corrected chi connectivity index (χ2v) is 6.25. The van der Waals surface area contributed by atoms with E-state index in [0.29, 0.717) is 4.90 Å². The number of nitro benzene ring substituents is 1. The lowest BCUT2D eigenvalue weighted by molar-refractivity contribution is -0.384. The van der Waals surface area contributed by atoms with Gasteiger partial charge in [-0.15, -0.1) is 0 Å². The number of non-ortho nitro benzene ring substituents is 1. The maximum Gasteiger partial charge on any atom is 0.339 e. The highest BCUT2D eigenvalue weighted by Gasteiger charge is 2.18. The summed E-state index contributed by atoms with van der Waals surface area (Å²) in [4.78, 5) is 23.9. The van der Waals surface area contributed by atoms with Crippen molar-refractivity contribution in [1.82, 2.24) is 0 Å². The van der Waals surface area contributed by atoms with Crippen molar-refractivity contribution in [1.29, 1.82) is 0 Å². The molecule has 0 radical (unpaired) electrons. The van der Waals surface area contributed by atoms with Gasteiger partial charge in [0.2, 0.25) is 0 Å². The monoisotopic (exact) mass is 381 g/mol. The van der Waals surface area contributed by atoms with Gasteiger partial charge in [0.05, 0.1) is 17.1 Å². The molecule has 5 nitrogen and oxygen atoms in total. The maximum atomic E-state index is 12.0. The predicted molar refractivity (Wildman–Crippen MR) is 87.3 cm³/mol. The Balaban J connectivity index is 2.38. The third kappa shape index (κ3) is 4.08. The molecule has 0 N–H and O–H groups in total. The Morgan fingerprint density at radius 1 is 1.27 bits per heavy atom. The van der Waals surface area contributed by atoms with E-state index in [0.717, 1.165) is 9.37 Å². The molecule has 0 spiro atoms. The van der Waals surface area contributed by atoms with Gasteiger partial charge in [-0.25, -0.2) is 4.79 Å². The van der Waals surface area contributed by atoms with Crippen LogP contribution >= 0.6 is 27.7 Å². The molecule has 0 saturated carbocycles. The van der Waals surface area contributed by atoms with E-state index in [1.165, 1.54) is 23.9 Å². The fraction of sp³-hybridized carbons (Fsp3) is 0.133. The van der Waals surface area contributed by atoms with Gasteiger partial charge in [-0.2, -0.15) is 0 Å². The van der Waals surface area contributed by atoms with Gasteiger partial charge >= 0.3 is 5.97 Å². The van der Waals surface area contributed by atoms with Gasteiger partial charge in [0.25, 0.3) is 5.69 Å². The van der Waals surface area contributed by atoms with Crippen molar-refractivity contribution in [3.8, 4) is 0 Å². The molecular formula is C15H12BrNO4S. The normalized spacial score (nSPS) is 10.3. The molecule has 22 heavy (non-hydrogen) atoms. The van der Waals surface area contributed by atoms with E-state index in [4.69, 9.17) is 4.74 Å². The molecule has 2 aromatic carbocycles. The number of hydrogen-bond acceptors (Lipinski definition) is 5. The first-order valence-corrected chi connectivity index (χ1v) is 8.01. The topological polar surface area (TPSA) is 69.4 Å². The van der Waals surface area contributed by atoms with Gasteiger partial charge < -0.3 is 4.74 Å². The molecule has 2 rings (SSSR count). The summed E-state index contributed by atoms with van der Waals surface area (Å²) in [5.74, 6) is -0.564. The second kappa shape index (κ2) is 7.42. The van der Waals surface area contributed by atoms with Crippen molar-refractivity contribution in [3.05, 3.63) is 62.6 Å². The minimum Gasteiger partial charge on any atom is -0.462 e. The molecule has 0 bridgehead atoms. The number of rotatable bonds is 5. The largest absolute Gasteiger partial charge is 0.462 e. The molecule has 0 heterocycles. The average Bonchev–Trinajstić information content (AvgIpc) is 2.50. The van der Waals surface area contributed by atoms with Crippen LogP contribution in [-0.2, 0) is 4.74 Å². The average molecular weight is 382 g/mol. The van der Waals surface area contributed by atoms with Crippen molar-refractivity contribution in [2.75, 3.05) is 6.61 Å². The number of nitrogens with zero attached hydrogens (tertiary/aromatic N) is 1. The Labute approximate surface area is 140 Å². The Morgan fingerprint density at radius 2 is 1.95 bits per heavy atom. The SMILES string of the molecule is CCOC(=O)c1cc([N+](=O)[O-])ccc1Sc1ccc(Br)cc1. The molecule has 0 atom stereocenters. The number of benzene rings is 2. The fourth-order valence-electron chi connectivity index (χ4n) is 1.72. The van der Waals surface area contributed by atoms with E-state index in [1.54, 1.807) is 13.0 Å². The molecule has 0 unspecified atom stereocenters. The quantitative estimate of drug-likeness (QED) is 0.427. The standard InChI is InChI=1S/C15H12BrNO4S/c1-2-21-15(18)13-9-11(17(19)20)5-8-14(13)22-12-6-3-10(16)4-7-12/h3-9H,2H2,1H3. The third-order valence-electron chi connectivity index (χ3n) is 2.71. The van der Waals surface area contributed by atoms with E-state index >= 15 is 0 Å². The van der Waals surface area contributed by atoms with Crippen LogP contribution in [0.2, 0.25) is 0 Å². The molecule has 0 amide bonds. The van der Waals surface area contributed by atoms with Crippen molar-refractivity contribution >= 4 is 39.3 Å². The van der Waals surface area contributed by atoms with Crippen LogP contribution in [0.5, 0.6) is 0 Å². The van der Waals surface area contributed by atoms with Crippen LogP contribution < -0.4 is 0 Å². The highest BCUT2D eigenvalue weighted by molar-refractivity contribution is 9.10. The summed E-state index contributed by atoms with van der Waals surface area (Å²) in [5.41, 5.74) is 0.0622. The highest BCUT2D eigenvalue weighted by Crippen LogP contribution is 2.33. The zero-order valence-corrected chi connectivity index (χ0v) is 14.0. The molecule has 0 saturated heterocycles. The number of halogens is 1. The molecular weight excluding hydrogens is 370 g/mol. The summed E-state index contributed by atoms with van der Waals surface area (Å²) in [6.45, 7) is 1.90. The molecule has 2 aromatic rings. The number of esters is 1. The zero-order valence-electron chi connectivity index (χ0n) is 11.6. The lowest BCUT2D eigenvalue weighted by Gasteiger charge is -2.08. The van der Waals surface area contributed by atoms with E-state index in [1.807, 2.05) is 24.3 Å². The Bertz CT molecular complexity index is 703. The Kier molecular flexibility index (Phi) is 5.57. The van der Waals surface area contributed by atoms with Crippen LogP contribution in [0, 0.1) is 10.1 Å². The molecule has 0 fully saturated rings. The van der Waals surface area contributed by atoms with Gasteiger partial charge in [-0.1, -0.05) is 27.7 Å². The lowest BCUT2D eigenvalue weighted by Crippen LogP contribution is -2.07. The fourth-order valence-corrected chi connectivity index (χ4v) is 2.90. The number of carbonyl (C=O) groups is 1. The summed E-state index contributed by atoms with van der Waals surface area (Å²) in [6, 6.07) is 11.8. The van der Waals surface area contributed by atoms with Crippen LogP contribution in [0.3, 0.4) is 0 Å². The summed E-state index contributed by atoms with van der Waals surface area (Å²) >= 11 is 4.71. The van der Waals surface area contributed by atoms with Gasteiger partial charge in [0.1, 0.15) is 0 Å². The van der Waals surface area contributed by atoms with E-state index < -0.39 is 10.9 Å². The first-order chi connectivity index (χ1) is 10.5. The van der Waals surface area contributed by atoms with Gasteiger partial charge in [-0.05, 0) is 37.3 Å². The van der Waals surface area contributed by atoms with Crippen LogP contribution in [0.25, 0.3) is 0 Å². The van der Waals surface area contributed by atoms with E-state index in [2.05, 4.69) is 15.9 Å². The Morgan fingerprint density at radius 3 is 2.55 bits per heavy atom. The zero-order chi connectivity index (χ0) is 16.1. The van der Waals surface area contributed by atoms with Crippen LogP contribution in [0.4, 0.5) is 5.69 Å². The first kappa shape index (κ1) is 16.5. The van der Waals surface area contributed by atoms with Crippen molar-refractivity contribution < 1.29 is 14.5 Å². The van der Waals surface area contributed by atoms with Gasteiger partial charge in [-0.3, -0.25) is 10.1 Å². The number of carbonyl (C=O) groups excluding carboxylic acids is 1. The lowest BCUT2D eigenvalue weighted by atomic mass is 10.2. The van der Waals surface area contributed by atoms with Crippen molar-refractivity contribution in [2.45, 2.75) is 16.7 Å². The second-order valence-electron chi connectivity index (χ2n) is 4.21. The highest BCUT2D eigenvalue weighted by atomic mass is 79.9. The van der Waals surface area contributed by atoms with Crippen LogP contribution in [0.1, 0.15) is 17.3 Å². The van der Waals surface area contributed by atoms with Crippen molar-refractivity contribution in [3.63, 3.8) is 0 Å². The first-order valence-electron chi connectivity index (χ1n) is 6.40. The van der Waals surface area contributed by atoms with E-state index in [9.17, 15) is 14.9 Å². The predicted octanol–water partition coefficient (Wildman–Crippen LogP) is 4.69. The summed E-state index contributed by atoms with van der Waals surface area (Å²) in [7, 11) is 0. The molecule has 0 aliphatic heterocycles. The van der Waals surface area contributed by atoms with Crippen molar-refractivity contribution in [2.24, 2.45) is 0 Å². The smallest absolute Gasteiger partial charge is 0.339 e. The maximum absolute atomic E-state index is 12.0. The van der Waals surface area contributed by atoms with Crippen LogP contribution in [-0.4, -0.2) is 17.5 Å². The summed E-state index contributed by atoms with van der Waals surface area (Å²) < 4.78 is 5.93. The minimum absolute atomic E-state index is 0.136. The molecule has 0 aliphatic rings. The minimum atomic E-state index is -0.564. The summed E-state index contributed by atoms with van der Waals surface area (Å²) in [5, 5.41) is 10.9. The number of hydrogen-bond donors (Lipinski definition) is 0. The van der Waals surface area contributed by atoms with Gasteiger partial charge in [0.15, 0.2) is 0 Å². The Hall–Kier alpha value is -1.86. The van der Waals surface area contributed by atoms with Gasteiger partial charge in [0, 0.05) is 26.4 Å². The molecule has 0 aromatic heterocycles. The number of ether oxygens (including phenoxy) is 1. The third-order valence-corrected chi connectivity index (χ3v) is 4.32. The molecule has 7 heteroatoms. The molecule has 0 aliphatic carbocycles. The van der Waals surface area contributed by atoms with E-state index in [-0.39, 0.29) is 17.9 Å². The molecule has 114 valence electrons. The van der Waals surface area contributed by atoms with Crippen LogP contribution in [0.15, 0.2) is 56.7 Å². The number of nitro groups is 1.